The molecule has 0 aliphatic carbocycles. The first-order valence-electron chi connectivity index (χ1n) is 7.12. The molecule has 1 aromatic carbocycles. The summed E-state index contributed by atoms with van der Waals surface area (Å²) in [7, 11) is 0. The second-order valence-corrected chi connectivity index (χ2v) is 5.44. The van der Waals surface area contributed by atoms with Gasteiger partial charge in [0.05, 0.1) is 0 Å². The van der Waals surface area contributed by atoms with E-state index in [0.717, 1.165) is 24.0 Å². The van der Waals surface area contributed by atoms with Crippen LogP contribution in [0.1, 0.15) is 54.6 Å². The third-order valence-corrected chi connectivity index (χ3v) is 3.92. The third kappa shape index (κ3) is 3.07. The highest BCUT2D eigenvalue weighted by molar-refractivity contribution is 5.94. The summed E-state index contributed by atoms with van der Waals surface area (Å²) in [4.78, 5) is 24.8. The molecule has 1 unspecified atom stereocenters. The van der Waals surface area contributed by atoms with E-state index >= 15 is 0 Å². The van der Waals surface area contributed by atoms with Crippen LogP contribution in [-0.4, -0.2) is 27.8 Å². The molecule has 2 rings (SSSR count). The summed E-state index contributed by atoms with van der Waals surface area (Å²) in [5, 5.41) is 9.39. The summed E-state index contributed by atoms with van der Waals surface area (Å²) in [6.45, 7) is 4.90. The van der Waals surface area contributed by atoms with Gasteiger partial charge >= 0.3 is 5.97 Å². The number of rotatable bonds is 6. The van der Waals surface area contributed by atoms with Crippen molar-refractivity contribution in [3.63, 3.8) is 0 Å². The lowest BCUT2D eigenvalue weighted by molar-refractivity contribution is -0.143. The molecule has 1 atom stereocenters. The van der Waals surface area contributed by atoms with Gasteiger partial charge in [-0.05, 0) is 30.5 Å². The minimum Gasteiger partial charge on any atom is -0.480 e. The highest BCUT2D eigenvalue weighted by atomic mass is 16.4. The van der Waals surface area contributed by atoms with Crippen LogP contribution in [0.2, 0.25) is 0 Å². The number of carbonyl (C=O) groups excluding carboxylic acids is 1. The molecule has 0 saturated carbocycles. The van der Waals surface area contributed by atoms with Crippen molar-refractivity contribution in [3.8, 4) is 0 Å². The van der Waals surface area contributed by atoms with E-state index in [1.54, 1.807) is 6.92 Å². The molecule has 0 spiro atoms. The smallest absolute Gasteiger partial charge is 0.320 e. The molecule has 108 valence electrons. The predicted molar refractivity (Wildman–Crippen MR) is 76.6 cm³/mol. The van der Waals surface area contributed by atoms with Gasteiger partial charge in [-0.2, -0.15) is 0 Å². The standard InChI is InChI=1S/C16H21NO3/c1-3-4-5-15(16(19)20)17-9-13-7-6-12(11(2)18)8-14(13)10-17/h6-8,15H,3-5,9-10H2,1-2H3,(H,19,20). The molecule has 0 aromatic heterocycles. The maximum Gasteiger partial charge on any atom is 0.320 e. The van der Waals surface area contributed by atoms with Crippen LogP contribution in [0.5, 0.6) is 0 Å². The van der Waals surface area contributed by atoms with Gasteiger partial charge in [-0.15, -0.1) is 0 Å². The summed E-state index contributed by atoms with van der Waals surface area (Å²) >= 11 is 0. The van der Waals surface area contributed by atoms with E-state index in [2.05, 4.69) is 6.92 Å². The first kappa shape index (κ1) is 14.7. The van der Waals surface area contributed by atoms with Gasteiger partial charge in [0, 0.05) is 18.7 Å². The van der Waals surface area contributed by atoms with Gasteiger partial charge in [-0.1, -0.05) is 31.9 Å². The number of hydrogen-bond acceptors (Lipinski definition) is 3. The fraction of sp³-hybridized carbons (Fsp3) is 0.500. The first-order valence-corrected chi connectivity index (χ1v) is 7.12. The Hall–Kier alpha value is -1.68. The number of Topliss-reactive ketones (excluding diaryl/α,β-unsaturated/α-hetero) is 1. The molecule has 0 amide bonds. The molecular weight excluding hydrogens is 254 g/mol. The highest BCUT2D eigenvalue weighted by Gasteiger charge is 2.30. The lowest BCUT2D eigenvalue weighted by atomic mass is 10.0. The van der Waals surface area contributed by atoms with Crippen molar-refractivity contribution in [1.82, 2.24) is 4.90 Å². The number of ketones is 1. The number of nitrogens with zero attached hydrogens (tertiary/aromatic N) is 1. The number of carboxylic acid groups (broad SMARTS) is 1. The molecule has 1 aromatic rings. The molecule has 4 heteroatoms. The predicted octanol–water partition coefficient (Wildman–Crippen LogP) is 2.85. The molecule has 20 heavy (non-hydrogen) atoms. The van der Waals surface area contributed by atoms with E-state index in [1.807, 2.05) is 23.1 Å². The van der Waals surface area contributed by atoms with Crippen molar-refractivity contribution < 1.29 is 14.7 Å². The van der Waals surface area contributed by atoms with Crippen LogP contribution in [0.15, 0.2) is 18.2 Å². The van der Waals surface area contributed by atoms with Gasteiger partial charge in [0.2, 0.25) is 0 Å². The molecule has 0 radical (unpaired) electrons. The number of aliphatic carboxylic acids is 1. The van der Waals surface area contributed by atoms with Gasteiger partial charge in [0.25, 0.3) is 0 Å². The average Bonchev–Trinajstić information content (AvgIpc) is 2.80. The number of hydrogen-bond donors (Lipinski definition) is 1. The summed E-state index contributed by atoms with van der Waals surface area (Å²) in [6.07, 6.45) is 2.60. The number of carboxylic acids is 1. The van der Waals surface area contributed by atoms with E-state index in [1.165, 1.54) is 0 Å². The van der Waals surface area contributed by atoms with Crippen LogP contribution in [0.25, 0.3) is 0 Å². The van der Waals surface area contributed by atoms with Gasteiger partial charge in [-0.3, -0.25) is 14.5 Å². The number of fused-ring (bicyclic) bond motifs is 1. The molecule has 0 saturated heterocycles. The van der Waals surface area contributed by atoms with Crippen molar-refractivity contribution in [3.05, 3.63) is 34.9 Å². The Labute approximate surface area is 119 Å². The van der Waals surface area contributed by atoms with Crippen molar-refractivity contribution in [2.24, 2.45) is 0 Å². The third-order valence-electron chi connectivity index (χ3n) is 3.92. The molecule has 4 nitrogen and oxygen atoms in total. The topological polar surface area (TPSA) is 57.6 Å². The van der Waals surface area contributed by atoms with Crippen molar-refractivity contribution >= 4 is 11.8 Å². The minimum atomic E-state index is -0.752. The number of unbranched alkanes of at least 4 members (excludes halogenated alkanes) is 1. The second kappa shape index (κ2) is 6.18. The molecule has 1 N–H and O–H groups in total. The fourth-order valence-corrected chi connectivity index (χ4v) is 2.72. The molecule has 1 heterocycles. The van der Waals surface area contributed by atoms with E-state index in [-0.39, 0.29) is 5.78 Å². The molecule has 0 bridgehead atoms. The van der Waals surface area contributed by atoms with Crippen LogP contribution in [0, 0.1) is 0 Å². The van der Waals surface area contributed by atoms with Gasteiger partial charge < -0.3 is 5.11 Å². The quantitative estimate of drug-likeness (QED) is 0.811. The van der Waals surface area contributed by atoms with Crippen molar-refractivity contribution in [2.75, 3.05) is 0 Å². The van der Waals surface area contributed by atoms with E-state index < -0.39 is 12.0 Å². The zero-order valence-corrected chi connectivity index (χ0v) is 12.1. The molecule has 1 aliphatic rings. The summed E-state index contributed by atoms with van der Waals surface area (Å²) in [6, 6.07) is 5.25. The van der Waals surface area contributed by atoms with Gasteiger partial charge in [0.15, 0.2) is 5.78 Å². The largest absolute Gasteiger partial charge is 0.480 e. The van der Waals surface area contributed by atoms with Gasteiger partial charge in [-0.25, -0.2) is 0 Å². The maximum atomic E-state index is 11.4. The van der Waals surface area contributed by atoms with E-state index in [4.69, 9.17) is 0 Å². The SMILES string of the molecule is CCCCC(C(=O)O)N1Cc2ccc(C(C)=O)cc2C1. The molecule has 0 fully saturated rings. The molecular formula is C16H21NO3. The Bertz CT molecular complexity index is 524. The Kier molecular flexibility index (Phi) is 4.55. The monoisotopic (exact) mass is 275 g/mol. The Morgan fingerprint density at radius 3 is 2.60 bits per heavy atom. The van der Waals surface area contributed by atoms with Crippen molar-refractivity contribution in [2.45, 2.75) is 52.2 Å². The van der Waals surface area contributed by atoms with Crippen molar-refractivity contribution in [1.29, 1.82) is 0 Å². The van der Waals surface area contributed by atoms with E-state index in [9.17, 15) is 14.7 Å². The second-order valence-electron chi connectivity index (χ2n) is 5.44. The van der Waals surface area contributed by atoms with Gasteiger partial charge in [0.1, 0.15) is 6.04 Å². The number of carbonyl (C=O) groups is 2. The lowest BCUT2D eigenvalue weighted by Gasteiger charge is -2.23. The summed E-state index contributed by atoms with van der Waals surface area (Å²) < 4.78 is 0. The Morgan fingerprint density at radius 2 is 2.00 bits per heavy atom. The van der Waals surface area contributed by atoms with E-state index in [0.29, 0.717) is 25.1 Å². The fourth-order valence-electron chi connectivity index (χ4n) is 2.72. The van der Waals surface area contributed by atoms with Crippen LogP contribution >= 0.6 is 0 Å². The summed E-state index contributed by atoms with van der Waals surface area (Å²) in [5.74, 6) is -0.704. The van der Waals surface area contributed by atoms with Crippen LogP contribution in [-0.2, 0) is 17.9 Å². The Morgan fingerprint density at radius 1 is 1.30 bits per heavy atom. The first-order chi connectivity index (χ1) is 9.52. The zero-order chi connectivity index (χ0) is 14.7. The average molecular weight is 275 g/mol. The number of benzene rings is 1. The highest BCUT2D eigenvalue weighted by Crippen LogP contribution is 2.27. The maximum absolute atomic E-state index is 11.4. The normalized spacial score (nSPS) is 15.9. The van der Waals surface area contributed by atoms with Crippen LogP contribution in [0.4, 0.5) is 0 Å². The lowest BCUT2D eigenvalue weighted by Crippen LogP contribution is -2.37. The van der Waals surface area contributed by atoms with Crippen LogP contribution in [0.3, 0.4) is 0 Å². The Balaban J connectivity index is 2.14. The molecule has 1 aliphatic heterocycles. The zero-order valence-electron chi connectivity index (χ0n) is 12.1. The minimum absolute atomic E-state index is 0.0482. The van der Waals surface area contributed by atoms with Crippen LogP contribution < -0.4 is 0 Å². The summed E-state index contributed by atoms with van der Waals surface area (Å²) in [5.41, 5.74) is 2.92.